The van der Waals surface area contributed by atoms with Gasteiger partial charge < -0.3 is 14.7 Å². The molecule has 2 saturated heterocycles. The van der Waals surface area contributed by atoms with Gasteiger partial charge in [0.2, 0.25) is 0 Å². The fraction of sp³-hybridized carbons (Fsp3) is 0.857. The Morgan fingerprint density at radius 1 is 1.20 bits per heavy atom. The van der Waals surface area contributed by atoms with E-state index in [1.54, 1.807) is 4.90 Å². The second-order valence-corrected chi connectivity index (χ2v) is 6.70. The standard InChI is InChI=1S/C14H24N2O4/c1-14(2,3)20-13(19)16-8-10(12(17)18)7-11(9-16)15-5-4-6-15/h10-11H,4-9H2,1-3H3,(H,17,18)/t10-,11-/m1/s1. The quantitative estimate of drug-likeness (QED) is 0.830. The van der Waals surface area contributed by atoms with Crippen molar-refractivity contribution < 1.29 is 19.4 Å². The summed E-state index contributed by atoms with van der Waals surface area (Å²) in [6.07, 6.45) is 1.36. The maximum atomic E-state index is 12.1. The molecule has 0 aromatic carbocycles. The molecule has 0 radical (unpaired) electrons. The second kappa shape index (κ2) is 5.60. The SMILES string of the molecule is CC(C)(C)OC(=O)N1C[C@H](C(=O)O)C[C@@H](N2CCC2)C1. The van der Waals surface area contributed by atoms with Crippen molar-refractivity contribution in [3.05, 3.63) is 0 Å². The number of likely N-dealkylation sites (tertiary alicyclic amines) is 2. The lowest BCUT2D eigenvalue weighted by Crippen LogP contribution is -2.57. The number of hydrogen-bond donors (Lipinski definition) is 1. The van der Waals surface area contributed by atoms with Crippen molar-refractivity contribution in [2.45, 2.75) is 45.3 Å². The minimum Gasteiger partial charge on any atom is -0.481 e. The summed E-state index contributed by atoms with van der Waals surface area (Å²) >= 11 is 0. The minimum absolute atomic E-state index is 0.145. The lowest BCUT2D eigenvalue weighted by Gasteiger charge is -2.45. The van der Waals surface area contributed by atoms with Gasteiger partial charge in [-0.05, 0) is 46.7 Å². The first kappa shape index (κ1) is 15.1. The highest BCUT2D eigenvalue weighted by Crippen LogP contribution is 2.26. The number of aliphatic carboxylic acids is 1. The maximum absolute atomic E-state index is 12.1. The molecule has 0 aliphatic carbocycles. The van der Waals surface area contributed by atoms with E-state index in [9.17, 15) is 14.7 Å². The minimum atomic E-state index is -0.830. The largest absolute Gasteiger partial charge is 0.481 e. The van der Waals surface area contributed by atoms with Crippen LogP contribution in [-0.4, -0.2) is 64.8 Å². The van der Waals surface area contributed by atoms with Crippen LogP contribution in [0.1, 0.15) is 33.6 Å². The number of amides is 1. The predicted octanol–water partition coefficient (Wildman–Crippen LogP) is 1.40. The molecule has 0 spiro atoms. The van der Waals surface area contributed by atoms with Gasteiger partial charge in [-0.3, -0.25) is 9.69 Å². The molecular formula is C14H24N2O4. The van der Waals surface area contributed by atoms with Gasteiger partial charge in [0, 0.05) is 19.1 Å². The number of nitrogens with zero attached hydrogens (tertiary/aromatic N) is 2. The highest BCUT2D eigenvalue weighted by molar-refractivity contribution is 5.73. The molecule has 2 fully saturated rings. The summed E-state index contributed by atoms with van der Waals surface area (Å²) in [5.74, 6) is -1.33. The lowest BCUT2D eigenvalue weighted by atomic mass is 9.92. The van der Waals surface area contributed by atoms with Gasteiger partial charge >= 0.3 is 12.1 Å². The van der Waals surface area contributed by atoms with Crippen molar-refractivity contribution in [3.63, 3.8) is 0 Å². The van der Waals surface area contributed by atoms with Gasteiger partial charge in [-0.25, -0.2) is 4.79 Å². The summed E-state index contributed by atoms with van der Waals surface area (Å²) in [7, 11) is 0. The Hall–Kier alpha value is -1.30. The zero-order valence-corrected chi connectivity index (χ0v) is 12.5. The smallest absolute Gasteiger partial charge is 0.410 e. The van der Waals surface area contributed by atoms with Gasteiger partial charge in [0.05, 0.1) is 5.92 Å². The fourth-order valence-electron chi connectivity index (χ4n) is 2.70. The molecule has 2 atom stereocenters. The lowest BCUT2D eigenvalue weighted by molar-refractivity contribution is -0.144. The highest BCUT2D eigenvalue weighted by Gasteiger charge is 2.39. The van der Waals surface area contributed by atoms with E-state index in [0.717, 1.165) is 19.5 Å². The summed E-state index contributed by atoms with van der Waals surface area (Å²) in [4.78, 5) is 27.2. The van der Waals surface area contributed by atoms with Crippen molar-refractivity contribution in [2.24, 2.45) is 5.92 Å². The van der Waals surface area contributed by atoms with Gasteiger partial charge in [0.25, 0.3) is 0 Å². The van der Waals surface area contributed by atoms with Crippen LogP contribution in [0.25, 0.3) is 0 Å². The summed E-state index contributed by atoms with van der Waals surface area (Å²) in [5.41, 5.74) is -0.556. The summed E-state index contributed by atoms with van der Waals surface area (Å²) < 4.78 is 5.36. The van der Waals surface area contributed by atoms with Gasteiger partial charge in [-0.1, -0.05) is 0 Å². The van der Waals surface area contributed by atoms with Crippen LogP contribution in [0.15, 0.2) is 0 Å². The van der Waals surface area contributed by atoms with E-state index in [2.05, 4.69) is 4.90 Å². The molecule has 0 saturated carbocycles. The molecule has 0 aromatic rings. The van der Waals surface area contributed by atoms with E-state index >= 15 is 0 Å². The Morgan fingerprint density at radius 2 is 1.85 bits per heavy atom. The van der Waals surface area contributed by atoms with Crippen LogP contribution in [0.4, 0.5) is 4.79 Å². The summed E-state index contributed by atoms with van der Waals surface area (Å²) in [6, 6.07) is 0.145. The number of carboxylic acids is 1. The number of carboxylic acid groups (broad SMARTS) is 1. The number of hydrogen-bond acceptors (Lipinski definition) is 4. The van der Waals surface area contributed by atoms with E-state index in [1.807, 2.05) is 20.8 Å². The molecule has 6 heteroatoms. The Kier molecular flexibility index (Phi) is 4.22. The first-order valence-electron chi connectivity index (χ1n) is 7.21. The third kappa shape index (κ3) is 3.62. The first-order valence-corrected chi connectivity index (χ1v) is 7.21. The third-order valence-electron chi connectivity index (χ3n) is 3.84. The van der Waals surface area contributed by atoms with Crippen LogP contribution in [0.2, 0.25) is 0 Å². The average molecular weight is 284 g/mol. The van der Waals surface area contributed by atoms with Crippen molar-refractivity contribution in [2.75, 3.05) is 26.2 Å². The third-order valence-corrected chi connectivity index (χ3v) is 3.84. The summed E-state index contributed by atoms with van der Waals surface area (Å²) in [5, 5.41) is 9.26. The molecular weight excluding hydrogens is 260 g/mol. The zero-order chi connectivity index (χ0) is 14.9. The van der Waals surface area contributed by atoms with Crippen molar-refractivity contribution in [1.29, 1.82) is 0 Å². The van der Waals surface area contributed by atoms with E-state index in [4.69, 9.17) is 4.74 Å². The molecule has 6 nitrogen and oxygen atoms in total. The van der Waals surface area contributed by atoms with Gasteiger partial charge in [0.1, 0.15) is 5.60 Å². The van der Waals surface area contributed by atoms with Crippen LogP contribution in [0.5, 0.6) is 0 Å². The number of carbonyl (C=O) groups is 2. The van der Waals surface area contributed by atoms with Crippen LogP contribution in [-0.2, 0) is 9.53 Å². The average Bonchev–Trinajstić information content (AvgIpc) is 2.23. The Bertz CT molecular complexity index is 387. The van der Waals surface area contributed by atoms with Crippen LogP contribution in [0.3, 0.4) is 0 Å². The van der Waals surface area contributed by atoms with Gasteiger partial charge in [0.15, 0.2) is 0 Å². The molecule has 0 aromatic heterocycles. The Labute approximate surface area is 119 Å². The molecule has 2 aliphatic heterocycles. The Balaban J connectivity index is 2.03. The molecule has 2 heterocycles. The van der Waals surface area contributed by atoms with Crippen molar-refractivity contribution >= 4 is 12.1 Å². The molecule has 114 valence electrons. The predicted molar refractivity (Wildman–Crippen MR) is 73.5 cm³/mol. The van der Waals surface area contributed by atoms with Crippen molar-refractivity contribution in [3.8, 4) is 0 Å². The number of rotatable bonds is 2. The van der Waals surface area contributed by atoms with Crippen molar-refractivity contribution in [1.82, 2.24) is 9.80 Å². The Morgan fingerprint density at radius 3 is 2.30 bits per heavy atom. The molecule has 1 N–H and O–H groups in total. The first-order chi connectivity index (χ1) is 9.26. The second-order valence-electron chi connectivity index (χ2n) is 6.70. The van der Waals surface area contributed by atoms with E-state index in [0.29, 0.717) is 13.0 Å². The number of piperidine rings is 1. The van der Waals surface area contributed by atoms with Crippen LogP contribution < -0.4 is 0 Å². The van der Waals surface area contributed by atoms with Gasteiger partial charge in [-0.15, -0.1) is 0 Å². The summed E-state index contributed by atoms with van der Waals surface area (Å²) in [6.45, 7) is 8.26. The number of carbonyl (C=O) groups excluding carboxylic acids is 1. The molecule has 0 bridgehead atoms. The van der Waals surface area contributed by atoms with E-state index in [1.165, 1.54) is 0 Å². The van der Waals surface area contributed by atoms with E-state index in [-0.39, 0.29) is 12.6 Å². The zero-order valence-electron chi connectivity index (χ0n) is 12.5. The maximum Gasteiger partial charge on any atom is 0.410 e. The monoisotopic (exact) mass is 284 g/mol. The van der Waals surface area contributed by atoms with Crippen LogP contribution >= 0.6 is 0 Å². The van der Waals surface area contributed by atoms with E-state index < -0.39 is 23.6 Å². The molecule has 2 aliphatic rings. The highest BCUT2D eigenvalue weighted by atomic mass is 16.6. The van der Waals surface area contributed by atoms with Gasteiger partial charge in [-0.2, -0.15) is 0 Å². The molecule has 0 unspecified atom stereocenters. The normalized spacial score (nSPS) is 27.9. The molecule has 20 heavy (non-hydrogen) atoms. The topological polar surface area (TPSA) is 70.1 Å². The molecule has 2 rings (SSSR count). The molecule has 1 amide bonds. The van der Waals surface area contributed by atoms with Crippen LogP contribution in [0, 0.1) is 5.92 Å². The number of ether oxygens (including phenoxy) is 1. The fourth-order valence-corrected chi connectivity index (χ4v) is 2.70.